The van der Waals surface area contributed by atoms with Crippen molar-refractivity contribution in [1.29, 1.82) is 5.26 Å². The molecule has 2 heteroatoms. The van der Waals surface area contributed by atoms with Crippen molar-refractivity contribution in [3.63, 3.8) is 0 Å². The van der Waals surface area contributed by atoms with E-state index in [-0.39, 0.29) is 5.78 Å². The highest BCUT2D eigenvalue weighted by Gasteiger charge is 1.62. The SMILES string of the molecule is CC#N.CC(C)=O. The van der Waals surface area contributed by atoms with Crippen LogP contribution in [0.1, 0.15) is 20.8 Å². The summed E-state index contributed by atoms with van der Waals surface area (Å²) in [5.74, 6) is 0.167. The van der Waals surface area contributed by atoms with Crippen LogP contribution >= 0.6 is 0 Å². The van der Waals surface area contributed by atoms with Crippen molar-refractivity contribution >= 4 is 5.78 Å². The third-order valence-electron chi connectivity index (χ3n) is 0. The Hall–Kier alpha value is -0.840. The number of hydrogen-bond donors (Lipinski definition) is 0. The number of nitrogens with zero attached hydrogens (tertiary/aromatic N) is 1. The zero-order valence-corrected chi connectivity index (χ0v) is 4.86. The summed E-state index contributed by atoms with van der Waals surface area (Å²) in [5.41, 5.74) is 0. The van der Waals surface area contributed by atoms with Gasteiger partial charge in [-0.1, -0.05) is 0 Å². The second-order valence-corrected chi connectivity index (χ2v) is 1.13. The van der Waals surface area contributed by atoms with Gasteiger partial charge in [0.15, 0.2) is 0 Å². The number of carbonyl (C=O) groups is 1. The minimum absolute atomic E-state index is 0.167. The van der Waals surface area contributed by atoms with Crippen LogP contribution < -0.4 is 0 Å². The maximum atomic E-state index is 9.44. The summed E-state index contributed by atoms with van der Waals surface area (Å²) in [6, 6.07) is 1.75. The summed E-state index contributed by atoms with van der Waals surface area (Å²) in [6.45, 7) is 4.49. The Morgan fingerprint density at radius 2 is 1.57 bits per heavy atom. The molecule has 0 aromatic carbocycles. The molecule has 40 valence electrons. The first-order chi connectivity index (χ1) is 3.15. The monoisotopic (exact) mass is 99.1 g/mol. The first kappa shape index (κ1) is 9.48. The van der Waals surface area contributed by atoms with Crippen molar-refractivity contribution in [3.05, 3.63) is 0 Å². The van der Waals surface area contributed by atoms with Gasteiger partial charge in [-0.2, -0.15) is 5.26 Å². The molecule has 0 atom stereocenters. The van der Waals surface area contributed by atoms with Gasteiger partial charge >= 0.3 is 0 Å². The number of hydrogen-bond acceptors (Lipinski definition) is 2. The van der Waals surface area contributed by atoms with Crippen LogP contribution in [0.3, 0.4) is 0 Å². The second kappa shape index (κ2) is 8.94. The number of nitriles is 1. The van der Waals surface area contributed by atoms with Gasteiger partial charge in [-0.05, 0) is 13.8 Å². The van der Waals surface area contributed by atoms with E-state index in [2.05, 4.69) is 0 Å². The topological polar surface area (TPSA) is 40.9 Å². The molecule has 0 N–H and O–H groups in total. The largest absolute Gasteiger partial charge is 0.300 e. The standard InChI is InChI=1S/C3H6O.C2H3N/c1-3(2)4;1-2-3/h1-2H3;1H3. The maximum Gasteiger partial charge on any atom is 0.126 e. The van der Waals surface area contributed by atoms with Crippen molar-refractivity contribution in [2.75, 3.05) is 0 Å². The smallest absolute Gasteiger partial charge is 0.126 e. The molecule has 0 rings (SSSR count). The predicted molar refractivity (Wildman–Crippen MR) is 27.6 cm³/mol. The minimum atomic E-state index is 0.167. The van der Waals surface area contributed by atoms with Crippen LogP contribution in [0, 0.1) is 11.3 Å². The molecule has 0 unspecified atom stereocenters. The summed E-state index contributed by atoms with van der Waals surface area (Å²) < 4.78 is 0. The van der Waals surface area contributed by atoms with Crippen LogP contribution in [-0.2, 0) is 4.79 Å². The molecule has 0 aliphatic carbocycles. The lowest BCUT2D eigenvalue weighted by molar-refractivity contribution is -0.114. The van der Waals surface area contributed by atoms with Gasteiger partial charge in [-0.25, -0.2) is 0 Å². The summed E-state index contributed by atoms with van der Waals surface area (Å²) >= 11 is 0. The van der Waals surface area contributed by atoms with Crippen LogP contribution in [0.15, 0.2) is 0 Å². The van der Waals surface area contributed by atoms with E-state index in [1.165, 1.54) is 20.8 Å². The van der Waals surface area contributed by atoms with Crippen molar-refractivity contribution < 1.29 is 4.79 Å². The molecule has 0 heterocycles. The average molecular weight is 99.1 g/mol. The van der Waals surface area contributed by atoms with Crippen molar-refractivity contribution in [2.24, 2.45) is 0 Å². The van der Waals surface area contributed by atoms with Gasteiger partial charge in [0, 0.05) is 6.92 Å². The molecule has 0 saturated heterocycles. The summed E-state index contributed by atoms with van der Waals surface area (Å²) in [7, 11) is 0. The highest BCUT2D eigenvalue weighted by molar-refractivity contribution is 5.72. The van der Waals surface area contributed by atoms with Crippen LogP contribution in [0.2, 0.25) is 0 Å². The highest BCUT2D eigenvalue weighted by Crippen LogP contribution is 1.50. The van der Waals surface area contributed by atoms with E-state index >= 15 is 0 Å². The molecule has 2 nitrogen and oxygen atoms in total. The molecule has 0 aliphatic heterocycles. The number of carbonyl (C=O) groups excluding carboxylic acids is 1. The van der Waals surface area contributed by atoms with Crippen LogP contribution in [0.5, 0.6) is 0 Å². The molecule has 0 radical (unpaired) electrons. The Balaban J connectivity index is 0. The maximum absolute atomic E-state index is 9.44. The van der Waals surface area contributed by atoms with E-state index in [0.29, 0.717) is 0 Å². The van der Waals surface area contributed by atoms with E-state index in [9.17, 15) is 4.79 Å². The van der Waals surface area contributed by atoms with Gasteiger partial charge < -0.3 is 4.79 Å². The second-order valence-electron chi connectivity index (χ2n) is 1.13. The van der Waals surface area contributed by atoms with E-state index in [4.69, 9.17) is 5.26 Å². The molecule has 0 amide bonds. The van der Waals surface area contributed by atoms with Gasteiger partial charge in [0.1, 0.15) is 5.78 Å². The van der Waals surface area contributed by atoms with E-state index < -0.39 is 0 Å². The molecule has 0 aromatic heterocycles. The van der Waals surface area contributed by atoms with Gasteiger partial charge in [-0.15, -0.1) is 0 Å². The van der Waals surface area contributed by atoms with Gasteiger partial charge in [-0.3, -0.25) is 0 Å². The predicted octanol–water partition coefficient (Wildman–Crippen LogP) is 1.13. The van der Waals surface area contributed by atoms with Crippen molar-refractivity contribution in [2.45, 2.75) is 20.8 Å². The fourth-order valence-corrected chi connectivity index (χ4v) is 0. The molecule has 0 saturated carbocycles. The zero-order chi connectivity index (χ0) is 6.28. The minimum Gasteiger partial charge on any atom is -0.300 e. The third-order valence-corrected chi connectivity index (χ3v) is 0. The zero-order valence-electron chi connectivity index (χ0n) is 4.86. The summed E-state index contributed by atoms with van der Waals surface area (Å²) in [5, 5.41) is 7.32. The summed E-state index contributed by atoms with van der Waals surface area (Å²) in [6.07, 6.45) is 0. The number of Topliss-reactive ketones (excluding diaryl/α,β-unsaturated/α-hetero) is 1. The molecular weight excluding hydrogens is 90.1 g/mol. The van der Waals surface area contributed by atoms with E-state index in [0.717, 1.165) is 0 Å². The fourth-order valence-electron chi connectivity index (χ4n) is 0. The van der Waals surface area contributed by atoms with Crippen molar-refractivity contribution in [1.82, 2.24) is 0 Å². The van der Waals surface area contributed by atoms with E-state index in [1.807, 2.05) is 0 Å². The van der Waals surface area contributed by atoms with Gasteiger partial charge in [0.05, 0.1) is 6.07 Å². The van der Waals surface area contributed by atoms with E-state index in [1.54, 1.807) is 6.07 Å². The first-order valence-corrected chi connectivity index (χ1v) is 1.93. The molecule has 0 spiro atoms. The molecule has 0 fully saturated rings. The highest BCUT2D eigenvalue weighted by atomic mass is 16.1. The Labute approximate surface area is 43.8 Å². The van der Waals surface area contributed by atoms with Gasteiger partial charge in [0.2, 0.25) is 0 Å². The average Bonchev–Trinajstić information content (AvgIpc) is 1.33. The lowest BCUT2D eigenvalue weighted by Crippen LogP contribution is -1.69. The van der Waals surface area contributed by atoms with Gasteiger partial charge in [0.25, 0.3) is 0 Å². The summed E-state index contributed by atoms with van der Waals surface area (Å²) in [4.78, 5) is 9.44. The van der Waals surface area contributed by atoms with Crippen LogP contribution in [0.25, 0.3) is 0 Å². The Morgan fingerprint density at radius 1 is 1.57 bits per heavy atom. The fraction of sp³-hybridized carbons (Fsp3) is 0.600. The van der Waals surface area contributed by atoms with Crippen LogP contribution in [0.4, 0.5) is 0 Å². The molecule has 0 bridgehead atoms. The van der Waals surface area contributed by atoms with Crippen LogP contribution in [-0.4, -0.2) is 5.78 Å². The lowest BCUT2D eigenvalue weighted by Gasteiger charge is -1.56. The number of rotatable bonds is 0. The third kappa shape index (κ3) is 73.0. The Morgan fingerprint density at radius 3 is 1.57 bits per heavy atom. The van der Waals surface area contributed by atoms with Crippen molar-refractivity contribution in [3.8, 4) is 6.07 Å². The number of ketones is 1. The Bertz CT molecular complexity index is 76.6. The normalized spacial score (nSPS) is 4.86. The molecular formula is C5H9NO. The Kier molecular flexibility index (Phi) is 12.1. The lowest BCUT2D eigenvalue weighted by atomic mass is 10.6. The quantitative estimate of drug-likeness (QED) is 0.456. The molecule has 0 aromatic rings. The molecule has 7 heavy (non-hydrogen) atoms. The molecule has 0 aliphatic rings. The first-order valence-electron chi connectivity index (χ1n) is 1.93.